The molecule has 1 aliphatic heterocycles. The number of rotatable bonds is 6. The lowest BCUT2D eigenvalue weighted by molar-refractivity contribution is -0.140. The van der Waals surface area contributed by atoms with E-state index in [0.717, 1.165) is 30.4 Å². The van der Waals surface area contributed by atoms with Crippen LogP contribution in [0.4, 0.5) is 5.69 Å². The van der Waals surface area contributed by atoms with Crippen molar-refractivity contribution >= 4 is 35.9 Å². The number of nitrogens with one attached hydrogen (secondary N) is 1. The van der Waals surface area contributed by atoms with Crippen molar-refractivity contribution in [3.63, 3.8) is 0 Å². The number of carbonyl (C=O) groups excluding carboxylic acids is 1. The van der Waals surface area contributed by atoms with Crippen molar-refractivity contribution in [2.45, 2.75) is 32.1 Å². The Morgan fingerprint density at radius 3 is 2.81 bits per heavy atom. The van der Waals surface area contributed by atoms with Gasteiger partial charge in [-0.1, -0.05) is 17.9 Å². The number of amides is 1. The zero-order chi connectivity index (χ0) is 18.2. The number of benzene rings is 1. The van der Waals surface area contributed by atoms with Gasteiger partial charge in [0.05, 0.1) is 12.3 Å². The summed E-state index contributed by atoms with van der Waals surface area (Å²) in [6, 6.07) is 5.61. The summed E-state index contributed by atoms with van der Waals surface area (Å²) in [6.07, 6.45) is 2.79. The maximum Gasteiger partial charge on any atom is 0.304 e. The van der Waals surface area contributed by atoms with E-state index in [2.05, 4.69) is 22.2 Å². The van der Waals surface area contributed by atoms with Gasteiger partial charge in [0.25, 0.3) is 0 Å². The van der Waals surface area contributed by atoms with Crippen molar-refractivity contribution < 1.29 is 14.7 Å². The number of hydrogen-bond acceptors (Lipinski definition) is 3. The van der Waals surface area contributed by atoms with Crippen molar-refractivity contribution in [2.24, 2.45) is 22.4 Å². The van der Waals surface area contributed by atoms with Crippen LogP contribution in [0, 0.1) is 17.8 Å². The minimum absolute atomic E-state index is 0. The Morgan fingerprint density at radius 2 is 2.12 bits per heavy atom. The number of anilines is 1. The average molecular weight is 379 g/mol. The molecule has 0 saturated heterocycles. The first-order chi connectivity index (χ1) is 12.0. The van der Waals surface area contributed by atoms with Crippen molar-refractivity contribution in [2.75, 3.05) is 11.9 Å². The normalized spacial score (nSPS) is 14.8. The summed E-state index contributed by atoms with van der Waals surface area (Å²) in [5, 5.41) is 11.6. The van der Waals surface area contributed by atoms with Gasteiger partial charge < -0.3 is 21.9 Å². The fraction of sp³-hybridized carbons (Fsp3) is 0.389. The molecule has 1 amide bonds. The molecule has 1 aliphatic rings. The second kappa shape index (κ2) is 10.3. The van der Waals surface area contributed by atoms with Gasteiger partial charge in [-0.2, -0.15) is 0 Å². The summed E-state index contributed by atoms with van der Waals surface area (Å²) >= 11 is 0. The number of carboxylic acids is 1. The SMILES string of the molecule is Cl.NC(N)=NCCCCC#Cc1ccc2c(c1)NC(=O)C(CC(=O)O)C2. The molecule has 26 heavy (non-hydrogen) atoms. The number of hydrogen-bond donors (Lipinski definition) is 4. The van der Waals surface area contributed by atoms with Gasteiger partial charge in [-0.05, 0) is 37.0 Å². The maximum atomic E-state index is 12.0. The molecule has 0 aromatic heterocycles. The van der Waals surface area contributed by atoms with Gasteiger partial charge in [-0.3, -0.25) is 14.6 Å². The number of nitrogens with two attached hydrogens (primary N) is 2. The molecule has 1 unspecified atom stereocenters. The predicted molar refractivity (Wildman–Crippen MR) is 103 cm³/mol. The zero-order valence-electron chi connectivity index (χ0n) is 14.3. The molecule has 6 N–H and O–H groups in total. The number of aliphatic imine (C=N–C) groups is 1. The molecular formula is C18H23ClN4O3. The molecule has 0 spiro atoms. The minimum Gasteiger partial charge on any atom is -0.481 e. The lowest BCUT2D eigenvalue weighted by atomic mass is 9.90. The molecule has 0 aliphatic carbocycles. The highest BCUT2D eigenvalue weighted by Gasteiger charge is 2.27. The standard InChI is InChI=1S/C18H22N4O3.ClH/c19-18(20)21-8-4-2-1-3-5-12-6-7-13-10-14(11-16(23)24)17(25)22-15(13)9-12;/h6-7,9,14H,1-2,4,8,10-11H2,(H,22,25)(H,23,24)(H4,19,20,21);1H. The molecule has 0 fully saturated rings. The monoisotopic (exact) mass is 378 g/mol. The van der Waals surface area contributed by atoms with Crippen LogP contribution in [0.3, 0.4) is 0 Å². The molecule has 0 radical (unpaired) electrons. The Bertz CT molecular complexity index is 749. The smallest absolute Gasteiger partial charge is 0.304 e. The third-order valence-corrected chi connectivity index (χ3v) is 3.86. The predicted octanol–water partition coefficient (Wildman–Crippen LogP) is 1.49. The maximum absolute atomic E-state index is 12.0. The van der Waals surface area contributed by atoms with E-state index in [1.165, 1.54) is 0 Å². The van der Waals surface area contributed by atoms with Gasteiger partial charge >= 0.3 is 5.97 Å². The molecule has 1 aromatic carbocycles. The Labute approximate surface area is 158 Å². The Morgan fingerprint density at radius 1 is 1.35 bits per heavy atom. The zero-order valence-corrected chi connectivity index (χ0v) is 15.1. The molecule has 7 nitrogen and oxygen atoms in total. The van der Waals surface area contributed by atoms with Crippen LogP contribution >= 0.6 is 12.4 Å². The van der Waals surface area contributed by atoms with E-state index >= 15 is 0 Å². The van der Waals surface area contributed by atoms with E-state index in [4.69, 9.17) is 16.6 Å². The van der Waals surface area contributed by atoms with Gasteiger partial charge in [0, 0.05) is 24.2 Å². The van der Waals surface area contributed by atoms with E-state index in [0.29, 0.717) is 18.7 Å². The highest BCUT2D eigenvalue weighted by molar-refractivity contribution is 5.97. The van der Waals surface area contributed by atoms with E-state index in [9.17, 15) is 9.59 Å². The van der Waals surface area contributed by atoms with Crippen LogP contribution in [-0.2, 0) is 16.0 Å². The lowest BCUT2D eigenvalue weighted by Crippen LogP contribution is -2.31. The highest BCUT2D eigenvalue weighted by atomic mass is 35.5. The summed E-state index contributed by atoms with van der Waals surface area (Å²) in [7, 11) is 0. The first-order valence-corrected chi connectivity index (χ1v) is 8.15. The van der Waals surface area contributed by atoms with E-state index in [1.807, 2.05) is 18.2 Å². The third-order valence-electron chi connectivity index (χ3n) is 3.86. The van der Waals surface area contributed by atoms with Crippen molar-refractivity contribution in [3.05, 3.63) is 29.3 Å². The summed E-state index contributed by atoms with van der Waals surface area (Å²) in [5.41, 5.74) is 13.0. The van der Waals surface area contributed by atoms with E-state index in [-0.39, 0.29) is 30.7 Å². The van der Waals surface area contributed by atoms with Gasteiger partial charge in [0.1, 0.15) is 0 Å². The number of unbranched alkanes of at least 4 members (excludes halogenated alkanes) is 2. The number of fused-ring (bicyclic) bond motifs is 1. The molecule has 140 valence electrons. The number of guanidine groups is 1. The fourth-order valence-electron chi connectivity index (χ4n) is 2.62. The average Bonchev–Trinajstić information content (AvgIpc) is 2.54. The Balaban J connectivity index is 0.00000338. The molecule has 1 heterocycles. The Kier molecular flexibility index (Phi) is 8.46. The summed E-state index contributed by atoms with van der Waals surface area (Å²) in [4.78, 5) is 26.7. The molecule has 8 heteroatoms. The van der Waals surface area contributed by atoms with Gasteiger partial charge in [0.2, 0.25) is 5.91 Å². The molecular weight excluding hydrogens is 356 g/mol. The van der Waals surface area contributed by atoms with Gasteiger partial charge in [-0.15, -0.1) is 12.4 Å². The third kappa shape index (κ3) is 6.65. The van der Waals surface area contributed by atoms with E-state index in [1.54, 1.807) is 0 Å². The lowest BCUT2D eigenvalue weighted by Gasteiger charge is -2.23. The molecule has 2 rings (SSSR count). The number of halogens is 1. The van der Waals surface area contributed by atoms with Crippen LogP contribution in [-0.4, -0.2) is 29.5 Å². The van der Waals surface area contributed by atoms with Gasteiger partial charge in [0.15, 0.2) is 5.96 Å². The van der Waals surface area contributed by atoms with Crippen molar-refractivity contribution in [1.82, 2.24) is 0 Å². The number of carbonyl (C=O) groups is 2. The molecule has 0 saturated carbocycles. The molecule has 1 atom stereocenters. The van der Waals surface area contributed by atoms with Crippen molar-refractivity contribution in [3.8, 4) is 11.8 Å². The summed E-state index contributed by atoms with van der Waals surface area (Å²) < 4.78 is 0. The van der Waals surface area contributed by atoms with Crippen LogP contribution in [0.15, 0.2) is 23.2 Å². The second-order valence-electron chi connectivity index (χ2n) is 5.93. The van der Waals surface area contributed by atoms with Crippen LogP contribution in [0.2, 0.25) is 0 Å². The first-order valence-electron chi connectivity index (χ1n) is 8.15. The van der Waals surface area contributed by atoms with Crippen molar-refractivity contribution in [1.29, 1.82) is 0 Å². The summed E-state index contributed by atoms with van der Waals surface area (Å²) in [6.45, 7) is 0.604. The number of carboxylic acid groups (broad SMARTS) is 1. The minimum atomic E-state index is -0.967. The van der Waals surface area contributed by atoms with Crippen LogP contribution in [0.1, 0.15) is 36.8 Å². The van der Waals surface area contributed by atoms with Crippen LogP contribution in [0.5, 0.6) is 0 Å². The van der Waals surface area contributed by atoms with Crippen LogP contribution < -0.4 is 16.8 Å². The quantitative estimate of drug-likeness (QED) is 0.258. The molecule has 1 aromatic rings. The van der Waals surface area contributed by atoms with Crippen LogP contribution in [0.25, 0.3) is 0 Å². The topological polar surface area (TPSA) is 131 Å². The highest BCUT2D eigenvalue weighted by Crippen LogP contribution is 2.28. The fourth-order valence-corrected chi connectivity index (χ4v) is 2.62. The Hall–Kier alpha value is -2.72. The first kappa shape index (κ1) is 21.3. The van der Waals surface area contributed by atoms with Gasteiger partial charge in [-0.25, -0.2) is 0 Å². The number of aliphatic carboxylic acids is 1. The summed E-state index contributed by atoms with van der Waals surface area (Å²) in [5.74, 6) is 4.53. The van der Waals surface area contributed by atoms with E-state index < -0.39 is 11.9 Å². The largest absolute Gasteiger partial charge is 0.481 e. The molecule has 0 bridgehead atoms. The number of nitrogens with zero attached hydrogens (tertiary/aromatic N) is 1. The second-order valence-corrected chi connectivity index (χ2v) is 5.93.